The first-order valence-electron chi connectivity index (χ1n) is 8.99. The number of rotatable bonds is 5. The van der Waals surface area contributed by atoms with Gasteiger partial charge in [0.05, 0.1) is 10.6 Å². The van der Waals surface area contributed by atoms with Gasteiger partial charge in [-0.3, -0.25) is 9.79 Å². The largest absolute Gasteiger partial charge is 0.454 e. The van der Waals surface area contributed by atoms with Crippen LogP contribution in [-0.4, -0.2) is 30.3 Å². The van der Waals surface area contributed by atoms with Gasteiger partial charge in [0.2, 0.25) is 6.79 Å². The van der Waals surface area contributed by atoms with Gasteiger partial charge in [-0.25, -0.2) is 4.98 Å². The molecule has 5 nitrogen and oxygen atoms in total. The van der Waals surface area contributed by atoms with Crippen LogP contribution in [0.25, 0.3) is 10.6 Å². The molecule has 0 spiro atoms. The van der Waals surface area contributed by atoms with Crippen molar-refractivity contribution in [2.75, 3.05) is 13.3 Å². The number of carbonyl (C=O) groups excluding carboxylic acids is 1. The summed E-state index contributed by atoms with van der Waals surface area (Å²) in [6.07, 6.45) is 1.68. The van der Waals surface area contributed by atoms with Crippen molar-refractivity contribution < 1.29 is 14.3 Å². The van der Waals surface area contributed by atoms with Crippen molar-refractivity contribution in [1.29, 1.82) is 0 Å². The molecule has 0 unspecified atom stereocenters. The average Bonchev–Trinajstić information content (AvgIpc) is 3.30. The summed E-state index contributed by atoms with van der Waals surface area (Å²) < 4.78 is 10.7. The van der Waals surface area contributed by atoms with Crippen LogP contribution in [0.1, 0.15) is 32.1 Å². The minimum Gasteiger partial charge on any atom is -0.454 e. The molecule has 0 aliphatic carbocycles. The maximum Gasteiger partial charge on any atom is 0.231 e. The van der Waals surface area contributed by atoms with E-state index in [0.29, 0.717) is 10.6 Å². The molecule has 2 heterocycles. The molecule has 3 aromatic rings. The van der Waals surface area contributed by atoms with Gasteiger partial charge in [0.25, 0.3) is 0 Å². The van der Waals surface area contributed by atoms with E-state index in [0.717, 1.165) is 27.6 Å². The highest BCUT2D eigenvalue weighted by Crippen LogP contribution is 2.33. The molecule has 0 saturated heterocycles. The van der Waals surface area contributed by atoms with Crippen molar-refractivity contribution in [2.45, 2.75) is 20.8 Å². The van der Waals surface area contributed by atoms with E-state index >= 15 is 0 Å². The van der Waals surface area contributed by atoms with Crippen molar-refractivity contribution in [3.8, 4) is 22.1 Å². The number of benzene rings is 2. The number of hydrogen-bond acceptors (Lipinski definition) is 6. The second kappa shape index (κ2) is 7.56. The zero-order chi connectivity index (χ0) is 19.7. The summed E-state index contributed by atoms with van der Waals surface area (Å²) >= 11 is 1.44. The normalized spacial score (nSPS) is 12.7. The topological polar surface area (TPSA) is 60.8 Å². The van der Waals surface area contributed by atoms with E-state index in [9.17, 15) is 4.79 Å². The molecular weight excluding hydrogens is 372 g/mol. The standard InChI is InChI=1S/C22H20N2O3S/c1-13-5-4-6-17(14(13)2)22-24-15(3)21(28-22)18(25)11-23-10-16-7-8-19-20(9-16)27-12-26-19/h4-10H,11-12H2,1-3H3. The monoisotopic (exact) mass is 392 g/mol. The van der Waals surface area contributed by atoms with E-state index < -0.39 is 0 Å². The number of ketones is 1. The number of aliphatic imine (C=N–C) groups is 1. The summed E-state index contributed by atoms with van der Waals surface area (Å²) in [5.74, 6) is 1.41. The fourth-order valence-corrected chi connectivity index (χ4v) is 4.13. The number of Topliss-reactive ketones (excluding diaryl/α,β-unsaturated/α-hetero) is 1. The molecule has 0 bridgehead atoms. The van der Waals surface area contributed by atoms with Crippen LogP contribution in [0.15, 0.2) is 41.4 Å². The minimum absolute atomic E-state index is 0.0245. The zero-order valence-electron chi connectivity index (χ0n) is 16.0. The summed E-state index contributed by atoms with van der Waals surface area (Å²) in [5.41, 5.74) is 5.11. The highest BCUT2D eigenvalue weighted by atomic mass is 32.1. The predicted molar refractivity (Wildman–Crippen MR) is 111 cm³/mol. The fraction of sp³-hybridized carbons (Fsp3) is 0.227. The smallest absolute Gasteiger partial charge is 0.231 e. The predicted octanol–water partition coefficient (Wildman–Crippen LogP) is 4.77. The summed E-state index contributed by atoms with van der Waals surface area (Å²) in [5, 5.41) is 0.877. The van der Waals surface area contributed by atoms with Gasteiger partial charge in [-0.1, -0.05) is 18.2 Å². The molecule has 6 heteroatoms. The van der Waals surface area contributed by atoms with E-state index in [1.807, 2.05) is 37.3 Å². The molecule has 2 aromatic carbocycles. The van der Waals surface area contributed by atoms with Gasteiger partial charge in [-0.05, 0) is 55.7 Å². The van der Waals surface area contributed by atoms with Gasteiger partial charge in [0.1, 0.15) is 11.6 Å². The third kappa shape index (κ3) is 3.55. The number of carbonyl (C=O) groups is 1. The Bertz CT molecular complexity index is 1090. The SMILES string of the molecule is Cc1cccc(-c2nc(C)c(C(=O)CN=Cc3ccc4c(c3)OCO4)s2)c1C. The van der Waals surface area contributed by atoms with E-state index in [4.69, 9.17) is 9.47 Å². The molecule has 142 valence electrons. The Kier molecular flexibility index (Phi) is 4.96. The van der Waals surface area contributed by atoms with Gasteiger partial charge >= 0.3 is 0 Å². The molecule has 1 aromatic heterocycles. The molecule has 0 amide bonds. The Morgan fingerprint density at radius 3 is 2.86 bits per heavy atom. The second-order valence-electron chi connectivity index (χ2n) is 6.69. The van der Waals surface area contributed by atoms with Crippen LogP contribution >= 0.6 is 11.3 Å². The number of hydrogen-bond donors (Lipinski definition) is 0. The molecule has 1 aliphatic rings. The van der Waals surface area contributed by atoms with Crippen LogP contribution in [0.5, 0.6) is 11.5 Å². The van der Waals surface area contributed by atoms with Gasteiger partial charge < -0.3 is 9.47 Å². The minimum atomic E-state index is -0.0245. The van der Waals surface area contributed by atoms with Crippen LogP contribution in [0.4, 0.5) is 0 Å². The van der Waals surface area contributed by atoms with Gasteiger partial charge in [-0.15, -0.1) is 11.3 Å². The lowest BCUT2D eigenvalue weighted by Gasteiger charge is -2.04. The van der Waals surface area contributed by atoms with Gasteiger partial charge in [0.15, 0.2) is 17.3 Å². The van der Waals surface area contributed by atoms with E-state index in [1.165, 1.54) is 22.5 Å². The molecule has 1 aliphatic heterocycles. The Hall–Kier alpha value is -2.99. The number of ether oxygens (including phenoxy) is 2. The lowest BCUT2D eigenvalue weighted by molar-refractivity contribution is 0.100. The van der Waals surface area contributed by atoms with E-state index in [-0.39, 0.29) is 19.1 Å². The molecule has 0 fully saturated rings. The first-order valence-corrected chi connectivity index (χ1v) is 9.81. The molecule has 0 atom stereocenters. The third-order valence-corrected chi connectivity index (χ3v) is 5.99. The maximum atomic E-state index is 12.7. The molecule has 0 radical (unpaired) electrons. The van der Waals surface area contributed by atoms with Crippen LogP contribution in [0.2, 0.25) is 0 Å². The number of thiazole rings is 1. The van der Waals surface area contributed by atoms with Gasteiger partial charge in [-0.2, -0.15) is 0 Å². The van der Waals surface area contributed by atoms with Crippen molar-refractivity contribution in [3.63, 3.8) is 0 Å². The maximum absolute atomic E-state index is 12.7. The third-order valence-electron chi connectivity index (χ3n) is 4.76. The summed E-state index contributed by atoms with van der Waals surface area (Å²) in [6.45, 7) is 6.36. The molecule has 28 heavy (non-hydrogen) atoms. The van der Waals surface area contributed by atoms with Crippen molar-refractivity contribution >= 4 is 23.3 Å². The highest BCUT2D eigenvalue weighted by molar-refractivity contribution is 7.17. The first kappa shape index (κ1) is 18.4. The molecular formula is C22H20N2O3S. The lowest BCUT2D eigenvalue weighted by Crippen LogP contribution is -2.03. The van der Waals surface area contributed by atoms with Crippen LogP contribution in [-0.2, 0) is 0 Å². The summed E-state index contributed by atoms with van der Waals surface area (Å²) in [6, 6.07) is 11.7. The number of aromatic nitrogens is 1. The number of nitrogens with zero attached hydrogens (tertiary/aromatic N) is 2. The van der Waals surface area contributed by atoms with E-state index in [1.54, 1.807) is 6.21 Å². The molecule has 4 rings (SSSR count). The van der Waals surface area contributed by atoms with Crippen molar-refractivity contribution in [2.24, 2.45) is 4.99 Å². The number of fused-ring (bicyclic) bond motifs is 1. The zero-order valence-corrected chi connectivity index (χ0v) is 16.8. The van der Waals surface area contributed by atoms with Crippen molar-refractivity contribution in [3.05, 3.63) is 63.7 Å². The Morgan fingerprint density at radius 1 is 1.18 bits per heavy atom. The average molecular weight is 392 g/mol. The molecule has 0 saturated carbocycles. The van der Waals surface area contributed by atoms with Crippen LogP contribution < -0.4 is 9.47 Å². The van der Waals surface area contributed by atoms with Crippen LogP contribution in [0.3, 0.4) is 0 Å². The Morgan fingerprint density at radius 2 is 2.00 bits per heavy atom. The Balaban J connectivity index is 1.49. The molecule has 0 N–H and O–H groups in total. The summed E-state index contributed by atoms with van der Waals surface area (Å²) in [7, 11) is 0. The first-order chi connectivity index (χ1) is 13.5. The van der Waals surface area contributed by atoms with E-state index in [2.05, 4.69) is 29.9 Å². The second-order valence-corrected chi connectivity index (χ2v) is 7.69. The van der Waals surface area contributed by atoms with Crippen LogP contribution in [0, 0.1) is 20.8 Å². The Labute approximate surface area is 167 Å². The van der Waals surface area contributed by atoms with Gasteiger partial charge in [0, 0.05) is 11.8 Å². The quantitative estimate of drug-likeness (QED) is 0.464. The number of aryl methyl sites for hydroxylation is 2. The summed E-state index contributed by atoms with van der Waals surface area (Å²) in [4.78, 5) is 22.2. The lowest BCUT2D eigenvalue weighted by atomic mass is 10.0. The van der Waals surface area contributed by atoms with Crippen molar-refractivity contribution in [1.82, 2.24) is 4.98 Å². The fourth-order valence-electron chi connectivity index (χ4n) is 3.05. The highest BCUT2D eigenvalue weighted by Gasteiger charge is 2.17.